The number of ether oxygens (including phenoxy) is 3. The van der Waals surface area contributed by atoms with Crippen molar-refractivity contribution >= 4 is 26.9 Å². The fraction of sp³-hybridized carbons (Fsp3) is 0.514. The minimum absolute atomic E-state index is 0.00159. The highest BCUT2D eigenvalue weighted by molar-refractivity contribution is 7.89. The molecule has 0 aliphatic carbocycles. The van der Waals surface area contributed by atoms with Crippen molar-refractivity contribution in [3.8, 4) is 5.75 Å². The smallest absolute Gasteiger partial charge is 0.288 e. The summed E-state index contributed by atoms with van der Waals surface area (Å²) in [5.41, 5.74) is 1.70. The van der Waals surface area contributed by atoms with Crippen molar-refractivity contribution in [3.63, 3.8) is 0 Å². The molecule has 4 heterocycles. The van der Waals surface area contributed by atoms with Gasteiger partial charge in [0.2, 0.25) is 16.3 Å². The summed E-state index contributed by atoms with van der Waals surface area (Å²) in [7, 11) is -2.39. The molecule has 2 aromatic carbocycles. The molecule has 3 aromatic rings. The number of aliphatic hydroxyl groups is 1. The van der Waals surface area contributed by atoms with E-state index < -0.39 is 16.3 Å². The molecule has 1 amide bonds. The molecule has 1 N–H and O–H groups in total. The second-order valence-corrected chi connectivity index (χ2v) is 14.3. The quantitative estimate of drug-likeness (QED) is 0.301. The standard InChI is InChI=1S/C35H45N3O8S/c1-43-28-9-11-29(12-10-28)47(41,42)38(19-21-39)20-22-44-34-24-26(31-25-45-32-8-4-3-7-30(31)32)23-33(46-34)35(40)37-17-13-27(14-18-37)36-15-5-2-6-16-36/h3-4,7-12,23,25-27,34,39H,2,5-6,13-22,24H2,1H3/t26-,34+/m1/s1. The first-order valence-corrected chi connectivity index (χ1v) is 18.1. The summed E-state index contributed by atoms with van der Waals surface area (Å²) >= 11 is 0. The number of likely N-dealkylation sites (tertiary alicyclic amines) is 2. The van der Waals surface area contributed by atoms with Crippen LogP contribution >= 0.6 is 0 Å². The van der Waals surface area contributed by atoms with Gasteiger partial charge in [-0.15, -0.1) is 0 Å². The van der Waals surface area contributed by atoms with Crippen LogP contribution in [0.2, 0.25) is 0 Å². The van der Waals surface area contributed by atoms with Crippen LogP contribution < -0.4 is 4.74 Å². The Labute approximate surface area is 276 Å². The maximum absolute atomic E-state index is 13.9. The highest BCUT2D eigenvalue weighted by atomic mass is 32.2. The lowest BCUT2D eigenvalue weighted by Crippen LogP contribution is -2.49. The van der Waals surface area contributed by atoms with Crippen LogP contribution in [0.25, 0.3) is 11.0 Å². The van der Waals surface area contributed by atoms with Gasteiger partial charge < -0.3 is 33.5 Å². The largest absolute Gasteiger partial charge is 0.497 e. The van der Waals surface area contributed by atoms with Crippen LogP contribution in [-0.2, 0) is 24.3 Å². The molecule has 0 radical (unpaired) electrons. The van der Waals surface area contributed by atoms with Crippen LogP contribution in [0.15, 0.2) is 75.9 Å². The van der Waals surface area contributed by atoms with Gasteiger partial charge in [-0.2, -0.15) is 4.31 Å². The fourth-order valence-corrected chi connectivity index (χ4v) is 8.35. The van der Waals surface area contributed by atoms with Crippen molar-refractivity contribution in [2.24, 2.45) is 0 Å². The van der Waals surface area contributed by atoms with Crippen LogP contribution in [0.3, 0.4) is 0 Å². The van der Waals surface area contributed by atoms with Gasteiger partial charge >= 0.3 is 0 Å². The Morgan fingerprint density at radius 2 is 1.74 bits per heavy atom. The molecule has 254 valence electrons. The summed E-state index contributed by atoms with van der Waals surface area (Å²) in [5, 5.41) is 10.6. The van der Waals surface area contributed by atoms with E-state index in [1.54, 1.807) is 18.4 Å². The molecule has 2 atom stereocenters. The molecule has 11 nitrogen and oxygen atoms in total. The van der Waals surface area contributed by atoms with Crippen molar-refractivity contribution in [1.29, 1.82) is 0 Å². The number of carbonyl (C=O) groups is 1. The molecule has 47 heavy (non-hydrogen) atoms. The van der Waals surface area contributed by atoms with E-state index in [2.05, 4.69) is 4.90 Å². The lowest BCUT2D eigenvalue weighted by Gasteiger charge is -2.40. The van der Waals surface area contributed by atoms with E-state index in [0.717, 1.165) is 42.5 Å². The van der Waals surface area contributed by atoms with Gasteiger partial charge in [-0.25, -0.2) is 8.42 Å². The summed E-state index contributed by atoms with van der Waals surface area (Å²) in [6, 6.07) is 14.4. The number of sulfonamides is 1. The first-order chi connectivity index (χ1) is 22.9. The number of methoxy groups -OCH3 is 1. The predicted octanol–water partition coefficient (Wildman–Crippen LogP) is 4.33. The van der Waals surface area contributed by atoms with Crippen LogP contribution in [0.4, 0.5) is 0 Å². The molecular formula is C35H45N3O8S. The minimum Gasteiger partial charge on any atom is -0.497 e. The third-order valence-electron chi connectivity index (χ3n) is 9.53. The van der Waals surface area contributed by atoms with Crippen molar-refractivity contribution in [2.75, 3.05) is 59.6 Å². The highest BCUT2D eigenvalue weighted by Crippen LogP contribution is 2.37. The SMILES string of the molecule is COc1ccc(S(=O)(=O)N(CCO)CCO[C@@H]2C[C@H](c3coc4ccccc34)C=C(C(=O)N3CCC(N4CCCCC4)CC3)O2)cc1. The van der Waals surface area contributed by atoms with Crippen molar-refractivity contribution in [1.82, 2.24) is 14.1 Å². The number of aliphatic hydroxyl groups excluding tert-OH is 1. The molecule has 0 saturated carbocycles. The number of benzene rings is 2. The van der Waals surface area contributed by atoms with E-state index in [-0.39, 0.29) is 48.8 Å². The number of amides is 1. The van der Waals surface area contributed by atoms with Crippen LogP contribution in [0, 0.1) is 0 Å². The van der Waals surface area contributed by atoms with E-state index >= 15 is 0 Å². The number of hydrogen-bond donors (Lipinski definition) is 1. The second-order valence-electron chi connectivity index (χ2n) is 12.4. The summed E-state index contributed by atoms with van der Waals surface area (Å²) in [6.45, 7) is 3.18. The number of hydrogen-bond acceptors (Lipinski definition) is 9. The second kappa shape index (κ2) is 15.2. The average Bonchev–Trinajstić information content (AvgIpc) is 3.56. The van der Waals surface area contributed by atoms with Crippen molar-refractivity contribution < 1.29 is 36.9 Å². The lowest BCUT2D eigenvalue weighted by molar-refractivity contribution is -0.153. The number of rotatable bonds is 12. The average molecular weight is 668 g/mol. The Morgan fingerprint density at radius 1 is 1.00 bits per heavy atom. The first-order valence-electron chi connectivity index (χ1n) is 16.6. The summed E-state index contributed by atoms with van der Waals surface area (Å²) in [5.74, 6) is 0.419. The molecule has 3 aliphatic rings. The number of nitrogens with zero attached hydrogens (tertiary/aromatic N) is 3. The number of fused-ring (bicyclic) bond motifs is 1. The monoisotopic (exact) mass is 667 g/mol. The van der Waals surface area contributed by atoms with Crippen LogP contribution in [0.5, 0.6) is 5.75 Å². The molecule has 0 unspecified atom stereocenters. The summed E-state index contributed by atoms with van der Waals surface area (Å²) in [6.07, 6.45) is 8.91. The number of allylic oxidation sites excluding steroid dienone is 1. The van der Waals surface area contributed by atoms with Gasteiger partial charge in [-0.3, -0.25) is 4.79 Å². The van der Waals surface area contributed by atoms with Crippen molar-refractivity contribution in [2.45, 2.75) is 61.7 Å². The number of piperidine rings is 2. The zero-order valence-corrected chi connectivity index (χ0v) is 27.8. The van der Waals surface area contributed by atoms with Gasteiger partial charge in [-0.1, -0.05) is 24.6 Å². The van der Waals surface area contributed by atoms with Gasteiger partial charge in [0.1, 0.15) is 11.3 Å². The van der Waals surface area contributed by atoms with Crippen LogP contribution in [0.1, 0.15) is 50.0 Å². The van der Waals surface area contributed by atoms with E-state index in [4.69, 9.17) is 18.6 Å². The van der Waals surface area contributed by atoms with Gasteiger partial charge in [0.05, 0.1) is 31.5 Å². The van der Waals surface area contributed by atoms with E-state index in [9.17, 15) is 18.3 Å². The predicted molar refractivity (Wildman–Crippen MR) is 176 cm³/mol. The van der Waals surface area contributed by atoms with Crippen LogP contribution in [-0.4, -0.2) is 105 Å². The molecule has 1 aromatic heterocycles. The van der Waals surface area contributed by atoms with E-state index in [0.29, 0.717) is 31.3 Å². The maximum Gasteiger partial charge on any atom is 0.288 e. The van der Waals surface area contributed by atoms with Gasteiger partial charge in [-0.05, 0) is 75.2 Å². The third kappa shape index (κ3) is 7.68. The zero-order chi connectivity index (χ0) is 32.8. The molecule has 3 aliphatic heterocycles. The Balaban J connectivity index is 1.15. The molecule has 12 heteroatoms. The Morgan fingerprint density at radius 3 is 2.47 bits per heavy atom. The first kappa shape index (κ1) is 33.5. The molecule has 0 bridgehead atoms. The number of carbonyl (C=O) groups excluding carboxylic acids is 1. The van der Waals surface area contributed by atoms with Crippen molar-refractivity contribution in [3.05, 3.63) is 72.2 Å². The normalized spacial score (nSPS) is 21.5. The zero-order valence-electron chi connectivity index (χ0n) is 27.0. The molecular weight excluding hydrogens is 622 g/mol. The highest BCUT2D eigenvalue weighted by Gasteiger charge is 2.35. The van der Waals surface area contributed by atoms with Gasteiger partial charge in [0, 0.05) is 55.5 Å². The van der Waals surface area contributed by atoms with Gasteiger partial charge in [0.25, 0.3) is 5.91 Å². The number of para-hydroxylation sites is 1. The molecule has 0 spiro atoms. The fourth-order valence-electron chi connectivity index (χ4n) is 6.93. The summed E-state index contributed by atoms with van der Waals surface area (Å²) < 4.78 is 51.3. The Kier molecular flexibility index (Phi) is 10.8. The Hall–Kier alpha value is -3.42. The minimum atomic E-state index is -3.90. The van der Waals surface area contributed by atoms with Gasteiger partial charge in [0.15, 0.2) is 5.76 Å². The van der Waals surface area contributed by atoms with E-state index in [1.807, 2.05) is 35.2 Å². The maximum atomic E-state index is 13.9. The Bertz CT molecular complexity index is 1630. The van der Waals surface area contributed by atoms with E-state index in [1.165, 1.54) is 42.8 Å². The lowest BCUT2D eigenvalue weighted by atomic mass is 9.92. The third-order valence-corrected chi connectivity index (χ3v) is 11.4. The molecule has 2 saturated heterocycles. The number of furan rings is 1. The molecule has 2 fully saturated rings. The summed E-state index contributed by atoms with van der Waals surface area (Å²) in [4.78, 5) is 18.4. The molecule has 6 rings (SSSR count). The topological polar surface area (TPSA) is 122 Å².